The van der Waals surface area contributed by atoms with Gasteiger partial charge < -0.3 is 15.4 Å². The lowest BCUT2D eigenvalue weighted by atomic mass is 10.0. The van der Waals surface area contributed by atoms with Crippen molar-refractivity contribution in [2.45, 2.75) is 33.2 Å². The number of fused-ring (bicyclic) bond motifs is 1. The Morgan fingerprint density at radius 3 is 2.53 bits per heavy atom. The zero-order valence-electron chi connectivity index (χ0n) is 20.7. The Balaban J connectivity index is 1.89. The van der Waals surface area contributed by atoms with E-state index >= 15 is 0 Å². The summed E-state index contributed by atoms with van der Waals surface area (Å²) in [6, 6.07) is 18.9. The van der Waals surface area contributed by atoms with Crippen LogP contribution >= 0.6 is 0 Å². The van der Waals surface area contributed by atoms with Crippen molar-refractivity contribution < 1.29 is 14.3 Å². The second-order valence-electron chi connectivity index (χ2n) is 8.50. The number of aromatic nitrogens is 2. The van der Waals surface area contributed by atoms with E-state index in [1.54, 1.807) is 49.6 Å². The van der Waals surface area contributed by atoms with Crippen molar-refractivity contribution >= 4 is 34.2 Å². The van der Waals surface area contributed by atoms with Gasteiger partial charge in [-0.1, -0.05) is 36.8 Å². The van der Waals surface area contributed by atoms with Crippen LogP contribution < -0.4 is 20.9 Å². The number of carbonyl (C=O) groups is 2. The third kappa shape index (κ3) is 4.98. The van der Waals surface area contributed by atoms with Crippen LogP contribution in [0.4, 0.5) is 11.4 Å². The van der Waals surface area contributed by atoms with Gasteiger partial charge in [0.1, 0.15) is 17.5 Å². The molecule has 3 aromatic carbocycles. The maximum Gasteiger partial charge on any atom is 0.278 e. The number of benzene rings is 3. The molecule has 1 atom stereocenters. The highest BCUT2D eigenvalue weighted by Gasteiger charge is 2.25. The van der Waals surface area contributed by atoms with Gasteiger partial charge in [-0.05, 0) is 49.7 Å². The molecule has 0 unspecified atom stereocenters. The summed E-state index contributed by atoms with van der Waals surface area (Å²) in [5.41, 5.74) is 3.31. The summed E-state index contributed by atoms with van der Waals surface area (Å²) in [5, 5.41) is 5.69. The van der Waals surface area contributed by atoms with Gasteiger partial charge in [-0.2, -0.15) is 0 Å². The molecule has 0 bridgehead atoms. The summed E-state index contributed by atoms with van der Waals surface area (Å²) in [6.45, 7) is 5.16. The van der Waals surface area contributed by atoms with Gasteiger partial charge >= 0.3 is 0 Å². The molecular weight excluding hydrogens is 456 g/mol. The van der Waals surface area contributed by atoms with E-state index in [2.05, 4.69) is 15.6 Å². The molecule has 0 spiro atoms. The Kier molecular flexibility index (Phi) is 7.15. The molecule has 0 aliphatic rings. The van der Waals surface area contributed by atoms with Crippen LogP contribution in [-0.4, -0.2) is 28.5 Å². The number of hydrogen-bond donors (Lipinski definition) is 2. The number of hydrogen-bond acceptors (Lipinski definition) is 5. The molecule has 2 N–H and O–H groups in total. The van der Waals surface area contributed by atoms with Crippen molar-refractivity contribution in [3.05, 3.63) is 82.6 Å². The molecule has 0 aliphatic heterocycles. The SMILES string of the molecule is CC[C@@H](C(=O)Nc1cccc(OC)c1)n1c(=O)c(-c2cc(C)ccc2NC(C)=O)nc2ccccc21. The van der Waals surface area contributed by atoms with Crippen molar-refractivity contribution in [3.63, 3.8) is 0 Å². The molecule has 0 fully saturated rings. The van der Waals surface area contributed by atoms with Gasteiger partial charge in [0.2, 0.25) is 11.8 Å². The first-order valence-corrected chi connectivity index (χ1v) is 11.7. The van der Waals surface area contributed by atoms with Gasteiger partial charge in [-0.3, -0.25) is 19.0 Å². The molecule has 0 radical (unpaired) electrons. The second kappa shape index (κ2) is 10.4. The molecule has 1 heterocycles. The van der Waals surface area contributed by atoms with Crippen LogP contribution in [0.5, 0.6) is 5.75 Å². The van der Waals surface area contributed by atoms with Crippen LogP contribution in [0.15, 0.2) is 71.5 Å². The number of aryl methyl sites for hydroxylation is 1. The molecule has 4 aromatic rings. The Morgan fingerprint density at radius 1 is 1.03 bits per heavy atom. The molecule has 4 rings (SSSR count). The summed E-state index contributed by atoms with van der Waals surface area (Å²) >= 11 is 0. The van der Waals surface area contributed by atoms with Crippen LogP contribution in [0, 0.1) is 6.92 Å². The molecule has 8 nitrogen and oxygen atoms in total. The fourth-order valence-corrected chi connectivity index (χ4v) is 4.20. The summed E-state index contributed by atoms with van der Waals surface area (Å²) in [4.78, 5) is 43.9. The van der Waals surface area contributed by atoms with Crippen LogP contribution in [0.25, 0.3) is 22.3 Å². The Morgan fingerprint density at radius 2 is 1.81 bits per heavy atom. The maximum atomic E-state index is 14.0. The second-order valence-corrected chi connectivity index (χ2v) is 8.50. The van der Waals surface area contributed by atoms with E-state index < -0.39 is 11.6 Å². The predicted octanol–water partition coefficient (Wildman–Crippen LogP) is 4.93. The Labute approximate surface area is 208 Å². The minimum Gasteiger partial charge on any atom is -0.497 e. The first kappa shape index (κ1) is 24.7. The number of methoxy groups -OCH3 is 1. The highest BCUT2D eigenvalue weighted by atomic mass is 16.5. The summed E-state index contributed by atoms with van der Waals surface area (Å²) < 4.78 is 6.75. The Bertz CT molecular complexity index is 1510. The summed E-state index contributed by atoms with van der Waals surface area (Å²) in [7, 11) is 1.56. The number of ether oxygens (including phenoxy) is 1. The molecule has 8 heteroatoms. The average Bonchev–Trinajstić information content (AvgIpc) is 2.86. The lowest BCUT2D eigenvalue weighted by Crippen LogP contribution is -2.34. The predicted molar refractivity (Wildman–Crippen MR) is 141 cm³/mol. The van der Waals surface area contributed by atoms with Gasteiger partial charge in [0, 0.05) is 24.2 Å². The monoisotopic (exact) mass is 484 g/mol. The molecule has 184 valence electrons. The van der Waals surface area contributed by atoms with Crippen LogP contribution in [0.2, 0.25) is 0 Å². The van der Waals surface area contributed by atoms with E-state index in [1.807, 2.05) is 38.1 Å². The van der Waals surface area contributed by atoms with Gasteiger partial charge in [-0.15, -0.1) is 0 Å². The fraction of sp³-hybridized carbons (Fsp3) is 0.214. The topological polar surface area (TPSA) is 102 Å². The number of amides is 2. The first-order valence-electron chi connectivity index (χ1n) is 11.7. The zero-order chi connectivity index (χ0) is 25.8. The van der Waals surface area contributed by atoms with Crippen molar-refractivity contribution in [1.29, 1.82) is 0 Å². The van der Waals surface area contributed by atoms with Crippen molar-refractivity contribution in [1.82, 2.24) is 9.55 Å². The largest absolute Gasteiger partial charge is 0.497 e. The minimum atomic E-state index is -0.802. The van der Waals surface area contributed by atoms with E-state index in [-0.39, 0.29) is 17.5 Å². The van der Waals surface area contributed by atoms with Crippen LogP contribution in [0.1, 0.15) is 31.9 Å². The van der Waals surface area contributed by atoms with E-state index in [1.165, 1.54) is 11.5 Å². The van der Waals surface area contributed by atoms with E-state index in [0.717, 1.165) is 5.56 Å². The smallest absolute Gasteiger partial charge is 0.278 e. The van der Waals surface area contributed by atoms with Gasteiger partial charge in [0.05, 0.1) is 23.8 Å². The van der Waals surface area contributed by atoms with Gasteiger partial charge in [-0.25, -0.2) is 4.98 Å². The zero-order valence-corrected chi connectivity index (χ0v) is 20.7. The Hall–Kier alpha value is -4.46. The van der Waals surface area contributed by atoms with E-state index in [0.29, 0.717) is 40.1 Å². The van der Waals surface area contributed by atoms with E-state index in [4.69, 9.17) is 4.74 Å². The normalized spacial score (nSPS) is 11.7. The third-order valence-electron chi connectivity index (χ3n) is 5.87. The third-order valence-corrected chi connectivity index (χ3v) is 5.87. The van der Waals surface area contributed by atoms with Crippen LogP contribution in [0.3, 0.4) is 0 Å². The summed E-state index contributed by atoms with van der Waals surface area (Å²) in [5.74, 6) is 0.0198. The van der Waals surface area contributed by atoms with Crippen molar-refractivity contribution in [2.75, 3.05) is 17.7 Å². The van der Waals surface area contributed by atoms with Gasteiger partial charge in [0.25, 0.3) is 5.56 Å². The number of nitrogens with zero attached hydrogens (tertiary/aromatic N) is 2. The number of anilines is 2. The lowest BCUT2D eigenvalue weighted by molar-refractivity contribution is -0.119. The number of rotatable bonds is 7. The highest BCUT2D eigenvalue weighted by Crippen LogP contribution is 2.29. The molecule has 1 aromatic heterocycles. The number of nitrogens with one attached hydrogen (secondary N) is 2. The maximum absolute atomic E-state index is 14.0. The quantitative estimate of drug-likeness (QED) is 0.387. The van der Waals surface area contributed by atoms with Crippen molar-refractivity contribution in [3.8, 4) is 17.0 Å². The molecular formula is C28H28N4O4. The molecule has 2 amide bonds. The highest BCUT2D eigenvalue weighted by molar-refractivity contribution is 5.96. The number of carbonyl (C=O) groups excluding carboxylic acids is 2. The van der Waals surface area contributed by atoms with Crippen LogP contribution in [-0.2, 0) is 9.59 Å². The average molecular weight is 485 g/mol. The summed E-state index contributed by atoms with van der Waals surface area (Å²) in [6.07, 6.45) is 0.371. The molecule has 0 aliphatic carbocycles. The lowest BCUT2D eigenvalue weighted by Gasteiger charge is -2.21. The number of para-hydroxylation sites is 2. The van der Waals surface area contributed by atoms with Crippen molar-refractivity contribution in [2.24, 2.45) is 0 Å². The van der Waals surface area contributed by atoms with Gasteiger partial charge in [0.15, 0.2) is 0 Å². The molecule has 0 saturated carbocycles. The minimum absolute atomic E-state index is 0.161. The first-order chi connectivity index (χ1) is 17.3. The molecule has 0 saturated heterocycles. The standard InChI is InChI=1S/C28H28N4O4/c1-5-24(27(34)30-19-9-8-10-20(16-19)36-4)32-25-12-7-6-11-23(25)31-26(28(32)35)21-15-17(2)13-14-22(21)29-18(3)33/h6-16,24H,5H2,1-4H3,(H,29,33)(H,30,34)/t24-/m0/s1. The van der Waals surface area contributed by atoms with E-state index in [9.17, 15) is 14.4 Å². The fourth-order valence-electron chi connectivity index (χ4n) is 4.20. The molecule has 36 heavy (non-hydrogen) atoms.